The molecule has 0 fully saturated rings. The molecule has 14 nitrogen and oxygen atoms in total. The van der Waals surface area contributed by atoms with Crippen molar-refractivity contribution >= 4 is 29.6 Å². The molecule has 0 saturated carbocycles. The van der Waals surface area contributed by atoms with Gasteiger partial charge >= 0.3 is 17.9 Å². The molecule has 0 aliphatic rings. The molecule has 0 aromatic rings. The van der Waals surface area contributed by atoms with E-state index in [1.807, 2.05) is 27.7 Å². The van der Waals surface area contributed by atoms with Crippen molar-refractivity contribution in [2.45, 2.75) is 72.9 Å². The molecule has 2 N–H and O–H groups in total. The predicted octanol–water partition coefficient (Wildman–Crippen LogP) is 0.801. The van der Waals surface area contributed by atoms with Gasteiger partial charge in [-0.05, 0) is 25.9 Å². The smallest absolute Gasteiger partial charge is 0.332 e. The molecule has 0 radical (unpaired) electrons. The van der Waals surface area contributed by atoms with E-state index in [1.165, 1.54) is 0 Å². The number of rotatable bonds is 26. The Morgan fingerprint density at radius 1 is 0.619 bits per heavy atom. The standard InChI is InChI=1S/C28H51N3O11/c1-21(2)28(36)31(12-16-41-27(35)20-38-19-26(34)40-14-8-11-30-23(5)6)42-15-9-24(32)17-37-18-25(33)39-13-7-10-29-22(3)4/h21-23,29-30H,7-20H2,1-6H3. The number of amides is 1. The number of nitrogens with zero attached hydrogens (tertiary/aromatic N) is 1. The van der Waals surface area contributed by atoms with E-state index in [0.29, 0.717) is 24.9 Å². The van der Waals surface area contributed by atoms with E-state index in [-0.39, 0.29) is 70.9 Å². The maximum atomic E-state index is 12.4. The normalized spacial score (nSPS) is 11.2. The van der Waals surface area contributed by atoms with Crippen LogP contribution in [0.4, 0.5) is 0 Å². The summed E-state index contributed by atoms with van der Waals surface area (Å²) in [5, 5.41) is 7.44. The van der Waals surface area contributed by atoms with Crippen molar-refractivity contribution in [2.24, 2.45) is 5.92 Å². The molecule has 0 saturated heterocycles. The van der Waals surface area contributed by atoms with Gasteiger partial charge in [-0.2, -0.15) is 0 Å². The van der Waals surface area contributed by atoms with Crippen molar-refractivity contribution in [1.29, 1.82) is 0 Å². The van der Waals surface area contributed by atoms with E-state index in [2.05, 4.69) is 10.6 Å². The molecule has 0 unspecified atom stereocenters. The number of hydrogen-bond acceptors (Lipinski definition) is 13. The molecule has 0 heterocycles. The molecule has 0 atom stereocenters. The Morgan fingerprint density at radius 2 is 1.07 bits per heavy atom. The molecule has 0 aliphatic heterocycles. The summed E-state index contributed by atoms with van der Waals surface area (Å²) in [5.41, 5.74) is 0. The van der Waals surface area contributed by atoms with Crippen LogP contribution < -0.4 is 10.6 Å². The van der Waals surface area contributed by atoms with Crippen LogP contribution in [0.25, 0.3) is 0 Å². The third-order valence-corrected chi connectivity index (χ3v) is 5.12. The predicted molar refractivity (Wildman–Crippen MR) is 152 cm³/mol. The fourth-order valence-electron chi connectivity index (χ4n) is 3.00. The minimum atomic E-state index is -0.723. The average molecular weight is 606 g/mol. The Bertz CT molecular complexity index is 737. The molecule has 0 bridgehead atoms. The van der Waals surface area contributed by atoms with Gasteiger partial charge in [0, 0.05) is 24.4 Å². The summed E-state index contributed by atoms with van der Waals surface area (Å²) in [6, 6.07) is 0.707. The highest BCUT2D eigenvalue weighted by Crippen LogP contribution is 2.04. The highest BCUT2D eigenvalue weighted by molar-refractivity contribution is 5.80. The summed E-state index contributed by atoms with van der Waals surface area (Å²) in [6.07, 6.45) is 1.28. The molecule has 42 heavy (non-hydrogen) atoms. The molecule has 0 rings (SSSR count). The Labute approximate surface area is 249 Å². The number of ketones is 1. The fraction of sp³-hybridized carbons (Fsp3) is 0.821. The van der Waals surface area contributed by atoms with Crippen LogP contribution >= 0.6 is 0 Å². The first kappa shape index (κ1) is 39.4. The first-order valence-corrected chi connectivity index (χ1v) is 14.5. The average Bonchev–Trinajstić information content (AvgIpc) is 2.91. The minimum Gasteiger partial charge on any atom is -0.464 e. The van der Waals surface area contributed by atoms with E-state index in [4.69, 9.17) is 28.5 Å². The lowest BCUT2D eigenvalue weighted by atomic mass is 10.2. The second-order valence-electron chi connectivity index (χ2n) is 10.3. The van der Waals surface area contributed by atoms with Crippen molar-refractivity contribution in [1.82, 2.24) is 15.7 Å². The SMILES string of the molecule is CC(C)NCCCOC(=O)COCC(=O)CCON(CCOC(=O)COCC(=O)OCCCNC(C)C)C(=O)C(C)C. The van der Waals surface area contributed by atoms with Gasteiger partial charge < -0.3 is 34.3 Å². The molecule has 0 aromatic heterocycles. The van der Waals surface area contributed by atoms with Crippen LogP contribution in [0.5, 0.6) is 0 Å². The van der Waals surface area contributed by atoms with Crippen LogP contribution in [-0.2, 0) is 52.5 Å². The summed E-state index contributed by atoms with van der Waals surface area (Å²) in [7, 11) is 0. The van der Waals surface area contributed by atoms with Gasteiger partial charge in [0.1, 0.15) is 33.0 Å². The van der Waals surface area contributed by atoms with Crippen LogP contribution in [0.3, 0.4) is 0 Å². The summed E-state index contributed by atoms with van der Waals surface area (Å²) in [6.45, 7) is 11.6. The molecule has 0 spiro atoms. The topological polar surface area (TPSA) is 168 Å². The lowest BCUT2D eigenvalue weighted by molar-refractivity contribution is -0.195. The highest BCUT2D eigenvalue weighted by Gasteiger charge is 2.19. The first-order valence-electron chi connectivity index (χ1n) is 14.5. The lowest BCUT2D eigenvalue weighted by Gasteiger charge is -2.23. The molecule has 0 aliphatic carbocycles. The highest BCUT2D eigenvalue weighted by atomic mass is 16.7. The van der Waals surface area contributed by atoms with Crippen molar-refractivity contribution in [3.05, 3.63) is 0 Å². The molecule has 14 heteroatoms. The van der Waals surface area contributed by atoms with Crippen LogP contribution in [0.15, 0.2) is 0 Å². The molecule has 0 aromatic carbocycles. The largest absolute Gasteiger partial charge is 0.464 e. The Balaban J connectivity index is 4.13. The van der Waals surface area contributed by atoms with Gasteiger partial charge in [0.25, 0.3) is 0 Å². The van der Waals surface area contributed by atoms with Gasteiger partial charge in [-0.15, -0.1) is 0 Å². The van der Waals surface area contributed by atoms with Crippen molar-refractivity contribution < 1.29 is 52.5 Å². The van der Waals surface area contributed by atoms with Crippen molar-refractivity contribution in [3.8, 4) is 0 Å². The molecule has 1 amide bonds. The van der Waals surface area contributed by atoms with Crippen molar-refractivity contribution in [3.63, 3.8) is 0 Å². The Morgan fingerprint density at radius 3 is 1.52 bits per heavy atom. The van der Waals surface area contributed by atoms with Gasteiger partial charge in [0.05, 0.1) is 26.4 Å². The van der Waals surface area contributed by atoms with E-state index in [0.717, 1.165) is 18.2 Å². The van der Waals surface area contributed by atoms with Crippen LogP contribution in [0, 0.1) is 5.92 Å². The number of ether oxygens (including phenoxy) is 5. The van der Waals surface area contributed by atoms with E-state index < -0.39 is 30.4 Å². The maximum Gasteiger partial charge on any atom is 0.332 e. The zero-order valence-corrected chi connectivity index (χ0v) is 26.1. The number of hydrogen-bond donors (Lipinski definition) is 2. The Hall–Kier alpha value is -2.65. The number of carbonyl (C=O) groups is 5. The quantitative estimate of drug-likeness (QED) is 0.0615. The number of esters is 3. The minimum absolute atomic E-state index is 0.0598. The van der Waals surface area contributed by atoms with Gasteiger partial charge in [-0.1, -0.05) is 41.5 Å². The summed E-state index contributed by atoms with van der Waals surface area (Å²) in [5.74, 6) is -2.94. The van der Waals surface area contributed by atoms with Gasteiger partial charge in [0.2, 0.25) is 5.91 Å². The second-order valence-corrected chi connectivity index (χ2v) is 10.3. The van der Waals surface area contributed by atoms with E-state index in [9.17, 15) is 24.0 Å². The van der Waals surface area contributed by atoms with Crippen LogP contribution in [0.2, 0.25) is 0 Å². The number of nitrogens with one attached hydrogen (secondary N) is 2. The monoisotopic (exact) mass is 605 g/mol. The van der Waals surface area contributed by atoms with Gasteiger partial charge in [-0.25, -0.2) is 19.4 Å². The first-order chi connectivity index (χ1) is 19.9. The van der Waals surface area contributed by atoms with Gasteiger partial charge in [-0.3, -0.25) is 14.4 Å². The second kappa shape index (κ2) is 24.9. The molecular weight excluding hydrogens is 554 g/mol. The summed E-state index contributed by atoms with van der Waals surface area (Å²) < 4.78 is 25.2. The zero-order chi connectivity index (χ0) is 31.8. The summed E-state index contributed by atoms with van der Waals surface area (Å²) in [4.78, 5) is 65.1. The lowest BCUT2D eigenvalue weighted by Crippen LogP contribution is -2.38. The third kappa shape index (κ3) is 24.0. The maximum absolute atomic E-state index is 12.4. The van der Waals surface area contributed by atoms with Crippen molar-refractivity contribution in [2.75, 3.05) is 72.5 Å². The number of Topliss-reactive ketones (excluding diaryl/α,β-unsaturated/α-hetero) is 1. The molecular formula is C28H51N3O11. The van der Waals surface area contributed by atoms with Gasteiger partial charge in [0.15, 0.2) is 5.78 Å². The van der Waals surface area contributed by atoms with Crippen LogP contribution in [0.1, 0.15) is 60.8 Å². The van der Waals surface area contributed by atoms with Crippen LogP contribution in [-0.4, -0.2) is 119 Å². The Kier molecular flexibility index (Phi) is 23.3. The van der Waals surface area contributed by atoms with E-state index in [1.54, 1.807) is 13.8 Å². The third-order valence-electron chi connectivity index (χ3n) is 5.12. The zero-order valence-electron chi connectivity index (χ0n) is 26.1. The fourth-order valence-corrected chi connectivity index (χ4v) is 3.00. The van der Waals surface area contributed by atoms with E-state index >= 15 is 0 Å². The number of hydroxylamine groups is 2. The number of carbonyl (C=O) groups excluding carboxylic acids is 5. The summed E-state index contributed by atoms with van der Waals surface area (Å²) >= 11 is 0. The molecule has 244 valence electrons.